The maximum absolute atomic E-state index is 11.4. The summed E-state index contributed by atoms with van der Waals surface area (Å²) in [6.07, 6.45) is 0.577. The summed E-state index contributed by atoms with van der Waals surface area (Å²) >= 11 is 3.17. The number of carbonyl (C=O) groups excluding carboxylic acids is 2. The molecule has 0 bridgehead atoms. The highest BCUT2D eigenvalue weighted by atomic mass is 79.9. The molecule has 0 aromatic rings. The second-order valence-electron chi connectivity index (χ2n) is 4.12. The van der Waals surface area contributed by atoms with Crippen LogP contribution in [0.15, 0.2) is 0 Å². The second-order valence-corrected chi connectivity index (χ2v) is 5.22. The molecule has 0 aromatic carbocycles. The molecule has 0 N–H and O–H groups in total. The summed E-state index contributed by atoms with van der Waals surface area (Å²) in [5.74, 6) is -0.686. The number of rotatable bonds is 4. The molecule has 5 heteroatoms. The summed E-state index contributed by atoms with van der Waals surface area (Å²) < 4.78 is 9.60. The lowest BCUT2D eigenvalue weighted by Gasteiger charge is -2.21. The van der Waals surface area contributed by atoms with E-state index < -0.39 is 10.4 Å². The molecule has 0 aromatic heterocycles. The minimum Gasteiger partial charge on any atom is -0.469 e. The van der Waals surface area contributed by atoms with Crippen molar-refractivity contribution in [3.05, 3.63) is 0 Å². The van der Waals surface area contributed by atoms with Crippen LogP contribution in [0.2, 0.25) is 0 Å². The Kier molecular flexibility index (Phi) is 5.87. The van der Waals surface area contributed by atoms with Gasteiger partial charge in [-0.25, -0.2) is 0 Å². The highest BCUT2D eigenvalue weighted by molar-refractivity contribution is 9.10. The van der Waals surface area contributed by atoms with Crippen molar-refractivity contribution in [1.82, 2.24) is 0 Å². The number of methoxy groups -OCH3 is 1. The summed E-state index contributed by atoms with van der Waals surface area (Å²) in [6.45, 7) is 5.39. The molecule has 0 spiro atoms. The summed E-state index contributed by atoms with van der Waals surface area (Å²) in [6, 6.07) is 0. The van der Waals surface area contributed by atoms with Crippen molar-refractivity contribution in [3.63, 3.8) is 0 Å². The number of esters is 2. The second kappa shape index (κ2) is 6.10. The zero-order chi connectivity index (χ0) is 12.1. The van der Waals surface area contributed by atoms with E-state index in [0.29, 0.717) is 6.42 Å². The molecule has 0 rings (SSSR count). The molecule has 88 valence electrons. The van der Waals surface area contributed by atoms with Crippen molar-refractivity contribution in [3.8, 4) is 0 Å². The van der Waals surface area contributed by atoms with E-state index in [1.165, 1.54) is 7.11 Å². The monoisotopic (exact) mass is 280 g/mol. The minimum absolute atomic E-state index is 0.200. The lowest BCUT2D eigenvalue weighted by Crippen LogP contribution is -2.29. The number of hydrogen-bond acceptors (Lipinski definition) is 4. The molecule has 0 heterocycles. The molecule has 0 aliphatic rings. The van der Waals surface area contributed by atoms with Gasteiger partial charge in [-0.05, 0) is 27.2 Å². The quantitative estimate of drug-likeness (QED) is 0.584. The third-order valence-electron chi connectivity index (χ3n) is 1.49. The maximum Gasteiger partial charge on any atom is 0.320 e. The van der Waals surface area contributed by atoms with Gasteiger partial charge in [-0.1, -0.05) is 15.9 Å². The van der Waals surface area contributed by atoms with Crippen LogP contribution >= 0.6 is 15.9 Å². The van der Waals surface area contributed by atoms with Gasteiger partial charge in [0.25, 0.3) is 0 Å². The van der Waals surface area contributed by atoms with E-state index in [9.17, 15) is 9.59 Å². The van der Waals surface area contributed by atoms with Crippen molar-refractivity contribution in [2.75, 3.05) is 7.11 Å². The van der Waals surface area contributed by atoms with E-state index in [1.807, 2.05) is 0 Å². The van der Waals surface area contributed by atoms with Crippen molar-refractivity contribution in [2.45, 2.75) is 44.0 Å². The van der Waals surface area contributed by atoms with Crippen LogP contribution in [0, 0.1) is 0 Å². The summed E-state index contributed by atoms with van der Waals surface area (Å²) in [4.78, 5) is 21.8. The Bertz CT molecular complexity index is 232. The van der Waals surface area contributed by atoms with Crippen LogP contribution in [0.4, 0.5) is 0 Å². The largest absolute Gasteiger partial charge is 0.469 e. The molecule has 0 radical (unpaired) electrons. The molecule has 0 saturated heterocycles. The lowest BCUT2D eigenvalue weighted by atomic mass is 10.2. The Morgan fingerprint density at radius 3 is 2.27 bits per heavy atom. The minimum atomic E-state index is -0.506. The Balaban J connectivity index is 3.95. The zero-order valence-electron chi connectivity index (χ0n) is 9.50. The number of halogens is 1. The number of carbonyl (C=O) groups is 2. The molecule has 4 nitrogen and oxygen atoms in total. The van der Waals surface area contributed by atoms with Gasteiger partial charge in [0.2, 0.25) is 0 Å². The smallest absolute Gasteiger partial charge is 0.320 e. The standard InChI is InChI=1S/C10H17BrO4/c1-10(2,3)15-9(13)7(11)5-6-8(12)14-4/h7H,5-6H2,1-4H3. The Labute approximate surface area is 98.4 Å². The third kappa shape index (κ3) is 7.36. The van der Waals surface area contributed by atoms with Gasteiger partial charge in [0, 0.05) is 6.42 Å². The summed E-state index contributed by atoms with van der Waals surface area (Å²) in [5, 5.41) is 0. The summed E-state index contributed by atoms with van der Waals surface area (Å²) in [7, 11) is 1.32. The SMILES string of the molecule is COC(=O)CCC(Br)C(=O)OC(C)(C)C. The highest BCUT2D eigenvalue weighted by Crippen LogP contribution is 2.15. The molecule has 0 aliphatic carbocycles. The van der Waals surface area contributed by atoms with Gasteiger partial charge in [-0.2, -0.15) is 0 Å². The van der Waals surface area contributed by atoms with Crippen LogP contribution in [0.5, 0.6) is 0 Å². The highest BCUT2D eigenvalue weighted by Gasteiger charge is 2.23. The predicted molar refractivity (Wildman–Crippen MR) is 59.8 cm³/mol. The number of hydrogen-bond donors (Lipinski definition) is 0. The molecule has 0 saturated carbocycles. The van der Waals surface area contributed by atoms with Gasteiger partial charge in [0.05, 0.1) is 7.11 Å². The lowest BCUT2D eigenvalue weighted by molar-refractivity contribution is -0.154. The van der Waals surface area contributed by atoms with Crippen molar-refractivity contribution in [1.29, 1.82) is 0 Å². The maximum atomic E-state index is 11.4. The van der Waals surface area contributed by atoms with E-state index in [0.717, 1.165) is 0 Å². The van der Waals surface area contributed by atoms with Crippen molar-refractivity contribution < 1.29 is 19.1 Å². The fourth-order valence-electron chi connectivity index (χ4n) is 0.830. The first-order valence-electron chi connectivity index (χ1n) is 4.70. The van der Waals surface area contributed by atoms with Gasteiger partial charge in [0.15, 0.2) is 0 Å². The van der Waals surface area contributed by atoms with E-state index in [2.05, 4.69) is 20.7 Å². The average Bonchev–Trinajstić information content (AvgIpc) is 2.10. The van der Waals surface area contributed by atoms with Crippen LogP contribution in [0.1, 0.15) is 33.6 Å². The van der Waals surface area contributed by atoms with E-state index in [1.54, 1.807) is 20.8 Å². The molecular weight excluding hydrogens is 264 g/mol. The molecule has 15 heavy (non-hydrogen) atoms. The molecule has 1 unspecified atom stereocenters. The zero-order valence-corrected chi connectivity index (χ0v) is 11.1. The van der Waals surface area contributed by atoms with Crippen molar-refractivity contribution in [2.24, 2.45) is 0 Å². The first kappa shape index (κ1) is 14.4. The topological polar surface area (TPSA) is 52.6 Å². The Morgan fingerprint density at radius 2 is 1.87 bits per heavy atom. The first-order chi connectivity index (χ1) is 6.76. The van der Waals surface area contributed by atoms with Gasteiger partial charge >= 0.3 is 11.9 Å². The average molecular weight is 281 g/mol. The van der Waals surface area contributed by atoms with Gasteiger partial charge in [-0.3, -0.25) is 9.59 Å². The first-order valence-corrected chi connectivity index (χ1v) is 5.61. The molecular formula is C10H17BrO4. The third-order valence-corrected chi connectivity index (χ3v) is 2.32. The van der Waals surface area contributed by atoms with Crippen LogP contribution in [0.3, 0.4) is 0 Å². The molecule has 1 atom stereocenters. The van der Waals surface area contributed by atoms with Gasteiger partial charge in [-0.15, -0.1) is 0 Å². The van der Waals surface area contributed by atoms with Crippen LogP contribution in [-0.4, -0.2) is 29.5 Å². The van der Waals surface area contributed by atoms with Crippen molar-refractivity contribution >= 4 is 27.9 Å². The Hall–Kier alpha value is -0.580. The fraction of sp³-hybridized carbons (Fsp3) is 0.800. The van der Waals surface area contributed by atoms with E-state index >= 15 is 0 Å². The van der Waals surface area contributed by atoms with Crippen LogP contribution < -0.4 is 0 Å². The Morgan fingerprint density at radius 1 is 1.33 bits per heavy atom. The number of alkyl halides is 1. The normalized spacial score (nSPS) is 13.1. The fourth-order valence-corrected chi connectivity index (χ4v) is 1.15. The summed E-state index contributed by atoms with van der Waals surface area (Å²) in [5.41, 5.74) is -0.506. The van der Waals surface area contributed by atoms with E-state index in [4.69, 9.17) is 4.74 Å². The van der Waals surface area contributed by atoms with Crippen LogP contribution in [-0.2, 0) is 19.1 Å². The molecule has 0 amide bonds. The van der Waals surface area contributed by atoms with Gasteiger partial charge < -0.3 is 9.47 Å². The van der Waals surface area contributed by atoms with E-state index in [-0.39, 0.29) is 18.4 Å². The predicted octanol–water partition coefficient (Wildman–Crippen LogP) is 2.04. The number of ether oxygens (including phenoxy) is 2. The van der Waals surface area contributed by atoms with Crippen LogP contribution in [0.25, 0.3) is 0 Å². The molecule has 0 aliphatic heterocycles. The molecule has 0 fully saturated rings. The van der Waals surface area contributed by atoms with Gasteiger partial charge in [0.1, 0.15) is 10.4 Å².